The van der Waals surface area contributed by atoms with E-state index in [1.54, 1.807) is 0 Å². The topological polar surface area (TPSA) is 102 Å². The number of nitro benzene ring substituents is 1. The van der Waals surface area contributed by atoms with Gasteiger partial charge >= 0.3 is 5.97 Å². The Kier molecular flexibility index (Phi) is 5.43. The number of nitrogens with zero attached hydrogens (tertiary/aromatic N) is 1. The highest BCUT2D eigenvalue weighted by molar-refractivity contribution is 5.89. The molecule has 2 aromatic carbocycles. The van der Waals surface area contributed by atoms with E-state index < -0.39 is 16.7 Å². The maximum absolute atomic E-state index is 13.9. The number of nitrogens with one attached hydrogen (secondary N) is 1. The lowest BCUT2D eigenvalue weighted by atomic mass is 10.1. The molecule has 0 aliphatic carbocycles. The van der Waals surface area contributed by atoms with Gasteiger partial charge in [-0.15, -0.1) is 0 Å². The molecule has 0 aliphatic heterocycles. The van der Waals surface area contributed by atoms with Gasteiger partial charge in [0.25, 0.3) is 5.69 Å². The van der Waals surface area contributed by atoms with E-state index in [1.807, 2.05) is 0 Å². The van der Waals surface area contributed by atoms with Crippen LogP contribution in [0.5, 0.6) is 0 Å². The highest BCUT2D eigenvalue weighted by Crippen LogP contribution is 2.26. The van der Waals surface area contributed by atoms with E-state index in [0.717, 1.165) is 6.07 Å². The summed E-state index contributed by atoms with van der Waals surface area (Å²) in [5, 5.41) is 23.0. The van der Waals surface area contributed by atoms with Crippen molar-refractivity contribution in [2.75, 3.05) is 12.4 Å². The summed E-state index contributed by atoms with van der Waals surface area (Å²) < 4.78 is 18.5. The summed E-state index contributed by atoms with van der Waals surface area (Å²) in [6.07, 6.45) is 0. The maximum Gasteiger partial charge on any atom is 0.337 e. The van der Waals surface area contributed by atoms with Crippen LogP contribution in [0.25, 0.3) is 0 Å². The van der Waals surface area contributed by atoms with Gasteiger partial charge in [0.15, 0.2) is 0 Å². The minimum atomic E-state index is -0.607. The molecule has 8 heteroatoms. The molecule has 0 spiro atoms. The van der Waals surface area contributed by atoms with Crippen LogP contribution in [-0.4, -0.2) is 23.1 Å². The standard InChI is InChI=1S/C16H15FN2O5/c1-24-16(21)11-3-4-13(17)12(7-11)8-18-14-6-10(9-20)2-5-15(14)19(22)23/h2-7,18,20H,8-9H2,1H3. The average Bonchev–Trinajstić information content (AvgIpc) is 2.59. The van der Waals surface area contributed by atoms with Gasteiger partial charge in [-0.1, -0.05) is 0 Å². The van der Waals surface area contributed by atoms with Crippen LogP contribution in [0.1, 0.15) is 21.5 Å². The van der Waals surface area contributed by atoms with Gasteiger partial charge in [-0.2, -0.15) is 0 Å². The molecule has 0 radical (unpaired) electrons. The number of aliphatic hydroxyl groups is 1. The van der Waals surface area contributed by atoms with Crippen molar-refractivity contribution in [3.8, 4) is 0 Å². The monoisotopic (exact) mass is 334 g/mol. The van der Waals surface area contributed by atoms with Gasteiger partial charge in [-0.3, -0.25) is 10.1 Å². The number of benzene rings is 2. The smallest absolute Gasteiger partial charge is 0.337 e. The fourth-order valence-electron chi connectivity index (χ4n) is 2.13. The summed E-state index contributed by atoms with van der Waals surface area (Å²) in [7, 11) is 1.22. The molecule has 7 nitrogen and oxygen atoms in total. The Hall–Kier alpha value is -3.00. The summed E-state index contributed by atoms with van der Waals surface area (Å²) in [5.74, 6) is -1.17. The van der Waals surface area contributed by atoms with Gasteiger partial charge in [0.05, 0.1) is 24.2 Å². The largest absolute Gasteiger partial charge is 0.465 e. The molecule has 24 heavy (non-hydrogen) atoms. The normalized spacial score (nSPS) is 10.3. The summed E-state index contributed by atoms with van der Waals surface area (Å²) >= 11 is 0. The number of esters is 1. The number of carbonyl (C=O) groups is 1. The summed E-state index contributed by atoms with van der Waals surface area (Å²) in [5.41, 5.74) is 0.758. The summed E-state index contributed by atoms with van der Waals surface area (Å²) in [6, 6.07) is 7.84. The van der Waals surface area contributed by atoms with Crippen LogP contribution >= 0.6 is 0 Å². The molecule has 0 aliphatic rings. The Bertz CT molecular complexity index is 779. The molecule has 2 rings (SSSR count). The van der Waals surface area contributed by atoms with Crippen molar-refractivity contribution in [1.82, 2.24) is 0 Å². The molecule has 0 aromatic heterocycles. The van der Waals surface area contributed by atoms with Gasteiger partial charge < -0.3 is 15.2 Å². The fourth-order valence-corrected chi connectivity index (χ4v) is 2.13. The second-order valence-corrected chi connectivity index (χ2v) is 4.92. The molecule has 126 valence electrons. The van der Waals surface area contributed by atoms with Crippen LogP contribution in [0.4, 0.5) is 15.8 Å². The highest BCUT2D eigenvalue weighted by atomic mass is 19.1. The van der Waals surface area contributed by atoms with E-state index in [1.165, 1.54) is 37.4 Å². The van der Waals surface area contributed by atoms with Gasteiger partial charge in [0.2, 0.25) is 0 Å². The van der Waals surface area contributed by atoms with Crippen molar-refractivity contribution in [2.24, 2.45) is 0 Å². The Balaban J connectivity index is 2.27. The van der Waals surface area contributed by atoms with Gasteiger partial charge in [-0.05, 0) is 35.9 Å². The van der Waals surface area contributed by atoms with Crippen molar-refractivity contribution in [2.45, 2.75) is 13.2 Å². The molecule has 0 heterocycles. The average molecular weight is 334 g/mol. The van der Waals surface area contributed by atoms with Crippen LogP contribution in [0.2, 0.25) is 0 Å². The van der Waals surface area contributed by atoms with E-state index in [9.17, 15) is 19.3 Å². The highest BCUT2D eigenvalue weighted by Gasteiger charge is 2.15. The molecular weight excluding hydrogens is 319 g/mol. The van der Waals surface area contributed by atoms with Crippen molar-refractivity contribution < 1.29 is 24.0 Å². The predicted octanol–water partition coefficient (Wildman–Crippen LogP) is 2.62. The van der Waals surface area contributed by atoms with Crippen LogP contribution in [0, 0.1) is 15.9 Å². The third-order valence-electron chi connectivity index (χ3n) is 3.38. The molecule has 0 saturated carbocycles. The van der Waals surface area contributed by atoms with Crippen molar-refractivity contribution in [3.63, 3.8) is 0 Å². The van der Waals surface area contributed by atoms with E-state index in [4.69, 9.17) is 5.11 Å². The summed E-state index contributed by atoms with van der Waals surface area (Å²) in [6.45, 7) is -0.356. The van der Waals surface area contributed by atoms with E-state index in [-0.39, 0.29) is 35.7 Å². The van der Waals surface area contributed by atoms with Crippen LogP contribution in [0.3, 0.4) is 0 Å². The number of carbonyl (C=O) groups excluding carboxylic acids is 1. The molecule has 0 amide bonds. The first-order valence-electron chi connectivity index (χ1n) is 6.95. The molecule has 0 unspecified atom stereocenters. The van der Waals surface area contributed by atoms with Crippen molar-refractivity contribution in [3.05, 3.63) is 69.0 Å². The SMILES string of the molecule is COC(=O)c1ccc(F)c(CNc2cc(CO)ccc2[N+](=O)[O-])c1. The third kappa shape index (κ3) is 3.85. The first kappa shape index (κ1) is 17.4. The maximum atomic E-state index is 13.9. The second kappa shape index (κ2) is 7.51. The number of rotatable bonds is 6. The number of halogens is 1. The second-order valence-electron chi connectivity index (χ2n) is 4.92. The number of hydrogen-bond acceptors (Lipinski definition) is 6. The number of hydrogen-bond donors (Lipinski definition) is 2. The van der Waals surface area contributed by atoms with Gasteiger partial charge in [0.1, 0.15) is 11.5 Å². The first-order chi connectivity index (χ1) is 11.5. The minimum absolute atomic E-state index is 0.0770. The lowest BCUT2D eigenvalue weighted by Gasteiger charge is -2.10. The molecule has 2 N–H and O–H groups in total. The van der Waals surface area contributed by atoms with Crippen LogP contribution in [0.15, 0.2) is 36.4 Å². The Morgan fingerprint density at radius 3 is 2.71 bits per heavy atom. The quantitative estimate of drug-likeness (QED) is 0.478. The molecule has 0 fully saturated rings. The Labute approximate surface area is 136 Å². The van der Waals surface area contributed by atoms with Gasteiger partial charge in [-0.25, -0.2) is 9.18 Å². The number of methoxy groups -OCH3 is 1. The summed E-state index contributed by atoms with van der Waals surface area (Å²) in [4.78, 5) is 22.0. The minimum Gasteiger partial charge on any atom is -0.465 e. The zero-order chi connectivity index (χ0) is 17.7. The van der Waals surface area contributed by atoms with Gasteiger partial charge in [0, 0.05) is 18.2 Å². The Morgan fingerprint density at radius 2 is 2.08 bits per heavy atom. The fraction of sp³-hybridized carbons (Fsp3) is 0.188. The van der Waals surface area contributed by atoms with E-state index >= 15 is 0 Å². The van der Waals surface area contributed by atoms with E-state index in [2.05, 4.69) is 10.1 Å². The zero-order valence-corrected chi connectivity index (χ0v) is 12.8. The predicted molar refractivity (Wildman–Crippen MR) is 84.1 cm³/mol. The molecule has 0 atom stereocenters. The molecular formula is C16H15FN2O5. The lowest BCUT2D eigenvalue weighted by Crippen LogP contribution is -2.08. The Morgan fingerprint density at radius 1 is 1.33 bits per heavy atom. The van der Waals surface area contributed by atoms with Crippen molar-refractivity contribution in [1.29, 1.82) is 0 Å². The first-order valence-corrected chi connectivity index (χ1v) is 6.95. The number of anilines is 1. The van der Waals surface area contributed by atoms with Crippen LogP contribution < -0.4 is 5.32 Å². The third-order valence-corrected chi connectivity index (χ3v) is 3.38. The lowest BCUT2D eigenvalue weighted by molar-refractivity contribution is -0.384. The van der Waals surface area contributed by atoms with Crippen LogP contribution in [-0.2, 0) is 17.9 Å². The number of aliphatic hydroxyl groups excluding tert-OH is 1. The van der Waals surface area contributed by atoms with E-state index in [0.29, 0.717) is 5.56 Å². The van der Waals surface area contributed by atoms with Crippen molar-refractivity contribution >= 4 is 17.3 Å². The molecule has 0 bridgehead atoms. The zero-order valence-electron chi connectivity index (χ0n) is 12.8. The molecule has 2 aromatic rings. The molecule has 0 saturated heterocycles. The number of ether oxygens (including phenoxy) is 1. The number of nitro groups is 1.